The predicted octanol–water partition coefficient (Wildman–Crippen LogP) is 3.99. The van der Waals surface area contributed by atoms with Crippen LogP contribution in [-0.4, -0.2) is 33.5 Å². The van der Waals surface area contributed by atoms with Crippen LogP contribution in [0.15, 0.2) is 18.2 Å². The summed E-state index contributed by atoms with van der Waals surface area (Å²) in [6.45, 7) is 0.655. The molecule has 1 spiro atoms. The molecule has 5 heteroatoms. The Balaban J connectivity index is 1.65. The number of rotatable bonds is 2. The Labute approximate surface area is 154 Å². The van der Waals surface area contributed by atoms with Crippen LogP contribution < -0.4 is 4.74 Å². The first kappa shape index (κ1) is 16.2. The van der Waals surface area contributed by atoms with Gasteiger partial charge in [-0.25, -0.2) is 4.98 Å². The zero-order valence-corrected chi connectivity index (χ0v) is 15.5. The van der Waals surface area contributed by atoms with E-state index in [1.54, 1.807) is 7.11 Å². The number of carbonyl (C=O) groups excluding carboxylic acids is 1. The molecule has 0 saturated heterocycles. The van der Waals surface area contributed by atoms with Gasteiger partial charge in [0, 0.05) is 12.1 Å². The largest absolute Gasteiger partial charge is 0.497 e. The standard InChI is InChI=1S/C21H27N3O2/c1-26-16-9-10-18-17(13-16)22-19-14-23(15-7-3-2-4-8-15)20(25)21(24(18)19)11-5-6-12-21/h9-10,13,15H,2-8,11-12,14H2,1H3. The molecule has 138 valence electrons. The molecule has 26 heavy (non-hydrogen) atoms. The highest BCUT2D eigenvalue weighted by molar-refractivity contribution is 5.90. The lowest BCUT2D eigenvalue weighted by molar-refractivity contribution is -0.147. The van der Waals surface area contributed by atoms with Gasteiger partial charge in [-0.1, -0.05) is 32.1 Å². The highest BCUT2D eigenvalue weighted by Gasteiger charge is 2.51. The third-order valence-corrected chi connectivity index (χ3v) is 6.78. The number of nitrogens with zero attached hydrogens (tertiary/aromatic N) is 3. The summed E-state index contributed by atoms with van der Waals surface area (Å²) < 4.78 is 7.67. The summed E-state index contributed by atoms with van der Waals surface area (Å²) in [4.78, 5) is 20.9. The molecule has 1 amide bonds. The molecule has 0 unspecified atom stereocenters. The summed E-state index contributed by atoms with van der Waals surface area (Å²) in [6.07, 6.45) is 10.2. The minimum Gasteiger partial charge on any atom is -0.497 e. The summed E-state index contributed by atoms with van der Waals surface area (Å²) in [5.41, 5.74) is 1.62. The van der Waals surface area contributed by atoms with Gasteiger partial charge in [-0.05, 0) is 37.8 Å². The smallest absolute Gasteiger partial charge is 0.249 e. The average Bonchev–Trinajstić information content (AvgIpc) is 3.30. The fraction of sp³-hybridized carbons (Fsp3) is 0.619. The van der Waals surface area contributed by atoms with E-state index in [0.717, 1.165) is 61.1 Å². The maximum absolute atomic E-state index is 13.7. The topological polar surface area (TPSA) is 47.4 Å². The molecule has 5 nitrogen and oxygen atoms in total. The van der Waals surface area contributed by atoms with Crippen molar-refractivity contribution < 1.29 is 9.53 Å². The number of benzene rings is 1. The maximum atomic E-state index is 13.7. The first-order valence-corrected chi connectivity index (χ1v) is 10.1. The van der Waals surface area contributed by atoms with Gasteiger partial charge in [0.1, 0.15) is 17.1 Å². The number of ether oxygens (including phenoxy) is 1. The van der Waals surface area contributed by atoms with Crippen LogP contribution in [0, 0.1) is 0 Å². The number of methoxy groups -OCH3 is 1. The molecule has 3 aliphatic rings. The molecule has 0 N–H and O–H groups in total. The second kappa shape index (κ2) is 6.00. The van der Waals surface area contributed by atoms with Gasteiger partial charge in [0.2, 0.25) is 5.91 Å². The minimum atomic E-state index is -0.408. The van der Waals surface area contributed by atoms with Crippen molar-refractivity contribution in [2.45, 2.75) is 75.9 Å². The van der Waals surface area contributed by atoms with Gasteiger partial charge in [0.05, 0.1) is 24.7 Å². The Bertz CT molecular complexity index is 844. The second-order valence-corrected chi connectivity index (χ2v) is 8.18. The van der Waals surface area contributed by atoms with Crippen molar-refractivity contribution in [3.8, 4) is 5.75 Å². The van der Waals surface area contributed by atoms with Gasteiger partial charge in [-0.2, -0.15) is 0 Å². The van der Waals surface area contributed by atoms with Crippen LogP contribution in [0.5, 0.6) is 5.75 Å². The molecule has 0 radical (unpaired) electrons. The summed E-state index contributed by atoms with van der Waals surface area (Å²) in [5, 5.41) is 0. The molecular formula is C21H27N3O2. The monoisotopic (exact) mass is 353 g/mol. The van der Waals surface area contributed by atoms with Gasteiger partial charge in [-0.3, -0.25) is 4.79 Å². The highest BCUT2D eigenvalue weighted by Crippen LogP contribution is 2.45. The van der Waals surface area contributed by atoms with Crippen LogP contribution in [0.25, 0.3) is 11.0 Å². The minimum absolute atomic E-state index is 0.351. The van der Waals surface area contributed by atoms with E-state index in [-0.39, 0.29) is 0 Å². The first-order valence-electron chi connectivity index (χ1n) is 10.1. The zero-order chi connectivity index (χ0) is 17.7. The van der Waals surface area contributed by atoms with Gasteiger partial charge in [0.25, 0.3) is 0 Å². The summed E-state index contributed by atoms with van der Waals surface area (Å²) in [7, 11) is 1.68. The Hall–Kier alpha value is -2.04. The lowest BCUT2D eigenvalue weighted by Gasteiger charge is -2.45. The average molecular weight is 353 g/mol. The maximum Gasteiger partial charge on any atom is 0.249 e. The van der Waals surface area contributed by atoms with Crippen LogP contribution in [-0.2, 0) is 16.9 Å². The van der Waals surface area contributed by atoms with Crippen LogP contribution in [0.2, 0.25) is 0 Å². The Morgan fingerprint density at radius 3 is 2.62 bits per heavy atom. The molecule has 1 aromatic carbocycles. The quantitative estimate of drug-likeness (QED) is 0.820. The number of imidazole rings is 1. The van der Waals surface area contributed by atoms with Crippen molar-refractivity contribution in [3.05, 3.63) is 24.0 Å². The van der Waals surface area contributed by atoms with E-state index < -0.39 is 5.54 Å². The van der Waals surface area contributed by atoms with Crippen LogP contribution in [0.4, 0.5) is 0 Å². The van der Waals surface area contributed by atoms with Crippen molar-refractivity contribution >= 4 is 16.9 Å². The van der Waals surface area contributed by atoms with Crippen molar-refractivity contribution in [2.75, 3.05) is 7.11 Å². The van der Waals surface area contributed by atoms with Gasteiger partial charge in [0.15, 0.2) is 0 Å². The van der Waals surface area contributed by atoms with Crippen LogP contribution in [0.1, 0.15) is 63.6 Å². The van der Waals surface area contributed by atoms with Crippen molar-refractivity contribution in [1.82, 2.24) is 14.5 Å². The van der Waals surface area contributed by atoms with Gasteiger partial charge in [-0.15, -0.1) is 0 Å². The van der Waals surface area contributed by atoms with Crippen LogP contribution in [0.3, 0.4) is 0 Å². The van der Waals surface area contributed by atoms with E-state index in [4.69, 9.17) is 9.72 Å². The fourth-order valence-electron chi connectivity index (χ4n) is 5.49. The molecule has 0 bridgehead atoms. The molecule has 1 aromatic heterocycles. The van der Waals surface area contributed by atoms with E-state index in [1.807, 2.05) is 12.1 Å². The molecule has 1 aliphatic heterocycles. The van der Waals surface area contributed by atoms with Gasteiger partial charge >= 0.3 is 0 Å². The highest BCUT2D eigenvalue weighted by atomic mass is 16.5. The van der Waals surface area contributed by atoms with E-state index >= 15 is 0 Å². The van der Waals surface area contributed by atoms with Gasteiger partial charge < -0.3 is 14.2 Å². The van der Waals surface area contributed by atoms with E-state index in [1.165, 1.54) is 19.3 Å². The number of hydrogen-bond acceptors (Lipinski definition) is 3. The number of carbonyl (C=O) groups is 1. The Morgan fingerprint density at radius 2 is 1.88 bits per heavy atom. The fourth-order valence-corrected chi connectivity index (χ4v) is 5.49. The first-order chi connectivity index (χ1) is 12.7. The Kier molecular flexibility index (Phi) is 3.73. The molecular weight excluding hydrogens is 326 g/mol. The summed E-state index contributed by atoms with van der Waals surface area (Å²) in [6, 6.07) is 6.46. The molecule has 2 aromatic rings. The Morgan fingerprint density at radius 1 is 1.12 bits per heavy atom. The number of amides is 1. The van der Waals surface area contributed by atoms with Crippen molar-refractivity contribution in [1.29, 1.82) is 0 Å². The number of hydrogen-bond donors (Lipinski definition) is 0. The normalized spacial score (nSPS) is 23.0. The van der Waals surface area contributed by atoms with Crippen LogP contribution >= 0.6 is 0 Å². The number of aromatic nitrogens is 2. The lowest BCUT2D eigenvalue weighted by Crippen LogP contribution is -2.57. The number of fused-ring (bicyclic) bond motifs is 4. The lowest BCUT2D eigenvalue weighted by atomic mass is 9.88. The molecule has 2 saturated carbocycles. The molecule has 5 rings (SSSR count). The summed E-state index contributed by atoms with van der Waals surface area (Å²) >= 11 is 0. The third-order valence-electron chi connectivity index (χ3n) is 6.78. The molecule has 2 heterocycles. The summed E-state index contributed by atoms with van der Waals surface area (Å²) in [5.74, 6) is 2.23. The van der Waals surface area contributed by atoms with E-state index in [2.05, 4.69) is 15.5 Å². The van der Waals surface area contributed by atoms with Crippen molar-refractivity contribution in [3.63, 3.8) is 0 Å². The predicted molar refractivity (Wildman–Crippen MR) is 100 cm³/mol. The van der Waals surface area contributed by atoms with E-state index in [0.29, 0.717) is 18.5 Å². The molecule has 2 fully saturated rings. The molecule has 2 aliphatic carbocycles. The SMILES string of the molecule is COc1ccc2c(c1)nc1n2C2(CCCC2)C(=O)N(C2CCCCC2)C1. The molecule has 0 atom stereocenters. The van der Waals surface area contributed by atoms with Crippen molar-refractivity contribution in [2.24, 2.45) is 0 Å². The second-order valence-electron chi connectivity index (χ2n) is 8.18. The zero-order valence-electron chi connectivity index (χ0n) is 15.5. The third kappa shape index (κ3) is 2.22. The van der Waals surface area contributed by atoms with E-state index in [9.17, 15) is 4.79 Å².